The Labute approximate surface area is 103 Å². The molecule has 0 aromatic heterocycles. The van der Waals surface area contributed by atoms with Gasteiger partial charge < -0.3 is 5.11 Å². The van der Waals surface area contributed by atoms with Gasteiger partial charge in [-0.25, -0.2) is 0 Å². The second-order valence-electron chi connectivity index (χ2n) is 4.72. The molecule has 0 amide bonds. The van der Waals surface area contributed by atoms with E-state index in [2.05, 4.69) is 30.3 Å². The zero-order chi connectivity index (χ0) is 12.1. The minimum atomic E-state index is -0.649. The Hall–Kier alpha value is -1.34. The summed E-state index contributed by atoms with van der Waals surface area (Å²) < 4.78 is 0. The lowest BCUT2D eigenvalue weighted by Crippen LogP contribution is -2.35. The first kappa shape index (κ1) is 12.1. The molecular weight excluding hydrogens is 208 g/mol. The molecule has 1 N–H and O–H groups in total. The fraction of sp³-hybridized carbons (Fsp3) is 0.375. The number of aliphatic hydroxyl groups is 1. The van der Waals surface area contributed by atoms with Crippen LogP contribution in [0.5, 0.6) is 0 Å². The number of aryl methyl sites for hydroxylation is 1. The molecule has 0 aliphatic heterocycles. The topological polar surface area (TPSA) is 20.2 Å². The minimum absolute atomic E-state index is 0.234. The first-order chi connectivity index (χ1) is 8.24. The number of hydrogen-bond acceptors (Lipinski definition) is 1. The summed E-state index contributed by atoms with van der Waals surface area (Å²) in [6.07, 6.45) is 10.8. The van der Waals surface area contributed by atoms with Gasteiger partial charge in [0.1, 0.15) is 0 Å². The van der Waals surface area contributed by atoms with E-state index < -0.39 is 5.60 Å². The van der Waals surface area contributed by atoms with Crippen molar-refractivity contribution in [2.45, 2.75) is 31.8 Å². The van der Waals surface area contributed by atoms with Crippen LogP contribution in [0.1, 0.15) is 25.3 Å². The molecule has 1 nitrogen and oxygen atoms in total. The predicted octanol–water partition coefficient (Wildman–Crippen LogP) is 3.50. The van der Waals surface area contributed by atoms with Crippen molar-refractivity contribution >= 4 is 0 Å². The molecule has 2 unspecified atom stereocenters. The fourth-order valence-electron chi connectivity index (χ4n) is 2.40. The lowest BCUT2D eigenvalue weighted by atomic mass is 9.78. The third-order valence-corrected chi connectivity index (χ3v) is 3.63. The van der Waals surface area contributed by atoms with Gasteiger partial charge in [0.05, 0.1) is 5.60 Å². The van der Waals surface area contributed by atoms with Gasteiger partial charge >= 0.3 is 0 Å². The number of allylic oxidation sites excluding steroid dienone is 2. The first-order valence-electron chi connectivity index (χ1n) is 6.37. The maximum atomic E-state index is 10.5. The van der Waals surface area contributed by atoms with Crippen LogP contribution in [0, 0.1) is 5.92 Å². The summed E-state index contributed by atoms with van der Waals surface area (Å²) in [4.78, 5) is 0. The monoisotopic (exact) mass is 228 g/mol. The molecule has 1 aliphatic rings. The van der Waals surface area contributed by atoms with E-state index in [9.17, 15) is 5.11 Å². The third-order valence-electron chi connectivity index (χ3n) is 3.63. The highest BCUT2D eigenvalue weighted by molar-refractivity contribution is 5.22. The van der Waals surface area contributed by atoms with Crippen LogP contribution in [0.3, 0.4) is 0 Å². The summed E-state index contributed by atoms with van der Waals surface area (Å²) >= 11 is 0. The van der Waals surface area contributed by atoms with Crippen molar-refractivity contribution in [1.82, 2.24) is 0 Å². The van der Waals surface area contributed by atoms with Crippen LogP contribution in [0.2, 0.25) is 0 Å². The second kappa shape index (κ2) is 5.33. The summed E-state index contributed by atoms with van der Waals surface area (Å²) in [6, 6.07) is 10.5. The minimum Gasteiger partial charge on any atom is -0.385 e. The van der Waals surface area contributed by atoms with Gasteiger partial charge in [0.25, 0.3) is 0 Å². The Morgan fingerprint density at radius 3 is 2.65 bits per heavy atom. The summed E-state index contributed by atoms with van der Waals surface area (Å²) in [5.74, 6) is 0.234. The maximum Gasteiger partial charge on any atom is 0.0890 e. The van der Waals surface area contributed by atoms with E-state index in [1.165, 1.54) is 5.56 Å². The van der Waals surface area contributed by atoms with Crippen molar-refractivity contribution < 1.29 is 5.11 Å². The van der Waals surface area contributed by atoms with Crippen molar-refractivity contribution in [3.05, 3.63) is 60.2 Å². The van der Waals surface area contributed by atoms with Gasteiger partial charge in [0.2, 0.25) is 0 Å². The van der Waals surface area contributed by atoms with E-state index in [1.54, 1.807) is 0 Å². The maximum absolute atomic E-state index is 10.5. The van der Waals surface area contributed by atoms with Crippen LogP contribution in [0.15, 0.2) is 54.6 Å². The highest BCUT2D eigenvalue weighted by Gasteiger charge is 2.31. The van der Waals surface area contributed by atoms with Gasteiger partial charge in [-0.2, -0.15) is 0 Å². The lowest BCUT2D eigenvalue weighted by molar-refractivity contribution is 0.0392. The average molecular weight is 228 g/mol. The Balaban J connectivity index is 1.99. The van der Waals surface area contributed by atoms with Gasteiger partial charge in [-0.3, -0.25) is 0 Å². The van der Waals surface area contributed by atoms with Crippen LogP contribution in [0.4, 0.5) is 0 Å². The van der Waals surface area contributed by atoms with Gasteiger partial charge in [-0.05, 0) is 24.8 Å². The molecule has 90 valence electrons. The van der Waals surface area contributed by atoms with E-state index in [0.717, 1.165) is 19.3 Å². The third kappa shape index (κ3) is 2.86. The molecule has 0 spiro atoms. The SMILES string of the molecule is CCC1(O)C=CC=CC1CCc1ccccc1. The van der Waals surface area contributed by atoms with Gasteiger partial charge in [0.15, 0.2) is 0 Å². The molecule has 1 aromatic carbocycles. The van der Waals surface area contributed by atoms with Crippen molar-refractivity contribution in [2.75, 3.05) is 0 Å². The largest absolute Gasteiger partial charge is 0.385 e. The highest BCUT2D eigenvalue weighted by Crippen LogP contribution is 2.31. The Kier molecular flexibility index (Phi) is 3.80. The molecule has 0 saturated carbocycles. The lowest BCUT2D eigenvalue weighted by Gasteiger charge is -2.33. The van der Waals surface area contributed by atoms with Gasteiger partial charge in [0, 0.05) is 5.92 Å². The molecule has 1 aromatic rings. The average Bonchev–Trinajstić information content (AvgIpc) is 2.39. The van der Waals surface area contributed by atoms with Crippen LogP contribution < -0.4 is 0 Å². The van der Waals surface area contributed by atoms with Crippen LogP contribution >= 0.6 is 0 Å². The smallest absolute Gasteiger partial charge is 0.0890 e. The van der Waals surface area contributed by atoms with E-state index in [4.69, 9.17) is 0 Å². The molecule has 0 radical (unpaired) electrons. The van der Waals surface area contributed by atoms with Crippen molar-refractivity contribution in [1.29, 1.82) is 0 Å². The standard InChI is InChI=1S/C16H20O/c1-2-16(17)13-7-6-10-15(16)12-11-14-8-4-3-5-9-14/h3-10,13,15,17H,2,11-12H2,1H3. The number of rotatable bonds is 4. The molecular formula is C16H20O. The molecule has 0 bridgehead atoms. The van der Waals surface area contributed by atoms with Crippen molar-refractivity contribution in [3.8, 4) is 0 Å². The fourth-order valence-corrected chi connectivity index (χ4v) is 2.40. The van der Waals surface area contributed by atoms with Crippen LogP contribution in [-0.2, 0) is 6.42 Å². The zero-order valence-electron chi connectivity index (χ0n) is 10.3. The molecule has 0 heterocycles. The summed E-state index contributed by atoms with van der Waals surface area (Å²) in [7, 11) is 0. The van der Waals surface area contributed by atoms with E-state index in [1.807, 2.05) is 31.2 Å². The molecule has 0 fully saturated rings. The van der Waals surface area contributed by atoms with Crippen molar-refractivity contribution in [2.24, 2.45) is 5.92 Å². The first-order valence-corrected chi connectivity index (χ1v) is 6.37. The van der Waals surface area contributed by atoms with E-state index in [0.29, 0.717) is 0 Å². The molecule has 0 saturated heterocycles. The second-order valence-corrected chi connectivity index (χ2v) is 4.72. The van der Waals surface area contributed by atoms with E-state index in [-0.39, 0.29) is 5.92 Å². The Bertz CT molecular complexity index is 405. The Morgan fingerprint density at radius 1 is 1.18 bits per heavy atom. The molecule has 2 rings (SSSR count). The molecule has 1 aliphatic carbocycles. The van der Waals surface area contributed by atoms with E-state index >= 15 is 0 Å². The summed E-state index contributed by atoms with van der Waals surface area (Å²) in [6.45, 7) is 2.04. The summed E-state index contributed by atoms with van der Waals surface area (Å²) in [5.41, 5.74) is 0.692. The zero-order valence-corrected chi connectivity index (χ0v) is 10.3. The normalized spacial score (nSPS) is 27.3. The van der Waals surface area contributed by atoms with Crippen LogP contribution in [0.25, 0.3) is 0 Å². The molecule has 2 atom stereocenters. The molecule has 1 heteroatoms. The number of benzene rings is 1. The molecule has 17 heavy (non-hydrogen) atoms. The van der Waals surface area contributed by atoms with Crippen molar-refractivity contribution in [3.63, 3.8) is 0 Å². The quantitative estimate of drug-likeness (QED) is 0.836. The van der Waals surface area contributed by atoms with Gasteiger partial charge in [-0.1, -0.05) is 61.6 Å². The predicted molar refractivity (Wildman–Crippen MR) is 71.8 cm³/mol. The summed E-state index contributed by atoms with van der Waals surface area (Å²) in [5, 5.41) is 10.5. The van der Waals surface area contributed by atoms with Gasteiger partial charge in [-0.15, -0.1) is 0 Å². The Morgan fingerprint density at radius 2 is 1.94 bits per heavy atom. The highest BCUT2D eigenvalue weighted by atomic mass is 16.3. The number of hydrogen-bond donors (Lipinski definition) is 1. The van der Waals surface area contributed by atoms with Crippen LogP contribution in [-0.4, -0.2) is 10.7 Å².